The summed E-state index contributed by atoms with van der Waals surface area (Å²) in [6.07, 6.45) is 3.00. The van der Waals surface area contributed by atoms with Crippen LogP contribution in [0.15, 0.2) is 41.3 Å². The number of anilines is 2. The van der Waals surface area contributed by atoms with Crippen molar-refractivity contribution >= 4 is 27.3 Å². The molecule has 2 aromatic rings. The molecule has 150 valence electrons. The second-order valence-corrected chi connectivity index (χ2v) is 8.65. The maximum absolute atomic E-state index is 12.9. The molecule has 0 fully saturated rings. The summed E-state index contributed by atoms with van der Waals surface area (Å²) in [6.45, 7) is 4.61. The van der Waals surface area contributed by atoms with Gasteiger partial charge in [0.15, 0.2) is 0 Å². The molecule has 0 spiro atoms. The van der Waals surface area contributed by atoms with Crippen molar-refractivity contribution in [2.24, 2.45) is 0 Å². The molecular formula is C21H26N2O4S. The number of aryl methyl sites for hydroxylation is 2. The largest absolute Gasteiger partial charge is 0.495 e. The van der Waals surface area contributed by atoms with Gasteiger partial charge in [0.1, 0.15) is 10.6 Å². The van der Waals surface area contributed by atoms with E-state index < -0.39 is 10.0 Å². The molecule has 2 aromatic carbocycles. The lowest BCUT2D eigenvalue weighted by Crippen LogP contribution is -2.35. The topological polar surface area (TPSA) is 75.7 Å². The number of fused-ring (bicyclic) bond motifs is 1. The molecule has 0 aliphatic carbocycles. The van der Waals surface area contributed by atoms with Crippen molar-refractivity contribution in [3.63, 3.8) is 0 Å². The quantitative estimate of drug-likeness (QED) is 0.762. The maximum atomic E-state index is 12.9. The Morgan fingerprint density at radius 2 is 1.93 bits per heavy atom. The summed E-state index contributed by atoms with van der Waals surface area (Å²) in [6, 6.07) is 10.4. The molecule has 1 aliphatic rings. The van der Waals surface area contributed by atoms with Crippen LogP contribution < -0.4 is 14.4 Å². The fourth-order valence-electron chi connectivity index (χ4n) is 3.39. The molecule has 0 bridgehead atoms. The van der Waals surface area contributed by atoms with Gasteiger partial charge in [0, 0.05) is 24.3 Å². The summed E-state index contributed by atoms with van der Waals surface area (Å²) in [5, 5.41) is 0. The first kappa shape index (κ1) is 20.2. The maximum Gasteiger partial charge on any atom is 0.265 e. The zero-order chi connectivity index (χ0) is 20.3. The lowest BCUT2D eigenvalue weighted by atomic mass is 10.00. The number of ether oxygens (including phenoxy) is 1. The van der Waals surface area contributed by atoms with E-state index in [1.807, 2.05) is 24.0 Å². The van der Waals surface area contributed by atoms with Crippen LogP contribution in [0, 0.1) is 6.92 Å². The molecule has 1 N–H and O–H groups in total. The summed E-state index contributed by atoms with van der Waals surface area (Å²) < 4.78 is 33.7. The van der Waals surface area contributed by atoms with E-state index in [9.17, 15) is 13.2 Å². The number of methoxy groups -OCH3 is 1. The standard InChI is InChI=1S/C21H26N2O4S/c1-4-5-12-23-18-9-8-17(14-16(18)7-11-21(23)24)22-28(25,26)20-13-15(2)6-10-19(20)27-3/h6,8-10,13-14,22H,4-5,7,11-12H2,1-3H3. The third-order valence-corrected chi connectivity index (χ3v) is 6.28. The number of rotatable bonds is 7. The number of unbranched alkanes of at least 4 members (excludes halogenated alkanes) is 1. The second kappa shape index (κ2) is 8.22. The first-order valence-corrected chi connectivity index (χ1v) is 10.9. The number of hydrogen-bond acceptors (Lipinski definition) is 4. The first-order valence-electron chi connectivity index (χ1n) is 9.46. The van der Waals surface area contributed by atoms with Gasteiger partial charge in [-0.2, -0.15) is 0 Å². The Hall–Kier alpha value is -2.54. The number of benzene rings is 2. The minimum absolute atomic E-state index is 0.104. The molecule has 1 amide bonds. The van der Waals surface area contributed by atoms with Gasteiger partial charge in [0.05, 0.1) is 7.11 Å². The molecule has 6 nitrogen and oxygen atoms in total. The molecule has 0 atom stereocenters. The number of hydrogen-bond donors (Lipinski definition) is 1. The van der Waals surface area contributed by atoms with E-state index in [1.54, 1.807) is 24.3 Å². The molecule has 1 aliphatic heterocycles. The van der Waals surface area contributed by atoms with Crippen molar-refractivity contribution in [3.8, 4) is 5.75 Å². The van der Waals surface area contributed by atoms with Gasteiger partial charge < -0.3 is 9.64 Å². The number of carbonyl (C=O) groups excluding carboxylic acids is 1. The van der Waals surface area contributed by atoms with E-state index in [1.165, 1.54) is 7.11 Å². The molecular weight excluding hydrogens is 376 g/mol. The van der Waals surface area contributed by atoms with Gasteiger partial charge in [-0.05, 0) is 61.2 Å². The lowest BCUT2D eigenvalue weighted by molar-refractivity contribution is -0.118. The number of nitrogens with zero attached hydrogens (tertiary/aromatic N) is 1. The van der Waals surface area contributed by atoms with Crippen LogP contribution in [0.5, 0.6) is 5.75 Å². The molecule has 0 saturated carbocycles. The Morgan fingerprint density at radius 1 is 1.14 bits per heavy atom. The first-order chi connectivity index (χ1) is 13.4. The number of sulfonamides is 1. The van der Waals surface area contributed by atoms with Crippen LogP contribution in [0.4, 0.5) is 11.4 Å². The molecule has 1 heterocycles. The molecule has 0 aromatic heterocycles. The Kier molecular flexibility index (Phi) is 5.93. The third-order valence-electron chi connectivity index (χ3n) is 4.88. The second-order valence-electron chi connectivity index (χ2n) is 7.00. The number of nitrogens with one attached hydrogen (secondary N) is 1. The van der Waals surface area contributed by atoms with Crippen molar-refractivity contribution in [2.75, 3.05) is 23.3 Å². The molecule has 28 heavy (non-hydrogen) atoms. The van der Waals surface area contributed by atoms with Crippen molar-refractivity contribution in [2.45, 2.75) is 44.4 Å². The Labute approximate surface area is 166 Å². The van der Waals surface area contributed by atoms with Crippen LogP contribution in [0.1, 0.15) is 37.3 Å². The molecule has 0 saturated heterocycles. The van der Waals surface area contributed by atoms with Crippen LogP contribution in [0.25, 0.3) is 0 Å². The predicted octanol–water partition coefficient (Wildman–Crippen LogP) is 3.88. The lowest BCUT2D eigenvalue weighted by Gasteiger charge is -2.30. The summed E-state index contributed by atoms with van der Waals surface area (Å²) in [4.78, 5) is 14.2. The monoisotopic (exact) mass is 402 g/mol. The van der Waals surface area contributed by atoms with Gasteiger partial charge >= 0.3 is 0 Å². The zero-order valence-electron chi connectivity index (χ0n) is 16.5. The number of carbonyl (C=O) groups is 1. The average Bonchev–Trinajstić information content (AvgIpc) is 2.67. The van der Waals surface area contributed by atoms with E-state index in [4.69, 9.17) is 4.74 Å². The summed E-state index contributed by atoms with van der Waals surface area (Å²) in [5.41, 5.74) is 3.16. The van der Waals surface area contributed by atoms with Crippen LogP contribution >= 0.6 is 0 Å². The van der Waals surface area contributed by atoms with Crippen LogP contribution in [-0.4, -0.2) is 28.0 Å². The average molecular weight is 403 g/mol. The van der Waals surface area contributed by atoms with Gasteiger partial charge in [-0.1, -0.05) is 19.4 Å². The SMILES string of the molecule is CCCCN1C(=O)CCc2cc(NS(=O)(=O)c3cc(C)ccc3OC)ccc21. The highest BCUT2D eigenvalue weighted by molar-refractivity contribution is 7.92. The Morgan fingerprint density at radius 3 is 2.64 bits per heavy atom. The predicted molar refractivity (Wildman–Crippen MR) is 111 cm³/mol. The van der Waals surface area contributed by atoms with E-state index in [-0.39, 0.29) is 10.8 Å². The van der Waals surface area contributed by atoms with Crippen molar-refractivity contribution in [1.29, 1.82) is 0 Å². The van der Waals surface area contributed by atoms with Gasteiger partial charge in [-0.3, -0.25) is 9.52 Å². The molecule has 7 heteroatoms. The van der Waals surface area contributed by atoms with Crippen molar-refractivity contribution in [1.82, 2.24) is 0 Å². The Balaban J connectivity index is 1.90. The van der Waals surface area contributed by atoms with Gasteiger partial charge in [-0.15, -0.1) is 0 Å². The minimum atomic E-state index is -3.80. The summed E-state index contributed by atoms with van der Waals surface area (Å²) >= 11 is 0. The van der Waals surface area contributed by atoms with Crippen LogP contribution in [0.2, 0.25) is 0 Å². The summed E-state index contributed by atoms with van der Waals surface area (Å²) in [7, 11) is -2.35. The summed E-state index contributed by atoms with van der Waals surface area (Å²) in [5.74, 6) is 0.422. The van der Waals surface area contributed by atoms with Gasteiger partial charge in [0.25, 0.3) is 10.0 Å². The molecule has 0 unspecified atom stereocenters. The van der Waals surface area contributed by atoms with Crippen LogP contribution in [0.3, 0.4) is 0 Å². The van der Waals surface area contributed by atoms with Crippen molar-refractivity contribution in [3.05, 3.63) is 47.5 Å². The van der Waals surface area contributed by atoms with E-state index >= 15 is 0 Å². The highest BCUT2D eigenvalue weighted by Gasteiger charge is 2.25. The number of amides is 1. The van der Waals surface area contributed by atoms with Crippen LogP contribution in [-0.2, 0) is 21.2 Å². The normalized spacial score (nSPS) is 14.0. The van der Waals surface area contributed by atoms with E-state index in [0.29, 0.717) is 30.8 Å². The highest BCUT2D eigenvalue weighted by Crippen LogP contribution is 2.32. The van der Waals surface area contributed by atoms with Gasteiger partial charge in [0.2, 0.25) is 5.91 Å². The smallest absolute Gasteiger partial charge is 0.265 e. The molecule has 3 rings (SSSR count). The fraction of sp³-hybridized carbons (Fsp3) is 0.381. The minimum Gasteiger partial charge on any atom is -0.495 e. The van der Waals surface area contributed by atoms with Gasteiger partial charge in [-0.25, -0.2) is 8.42 Å². The van der Waals surface area contributed by atoms with E-state index in [0.717, 1.165) is 29.7 Å². The zero-order valence-corrected chi connectivity index (χ0v) is 17.3. The fourth-order valence-corrected chi connectivity index (χ4v) is 4.69. The van der Waals surface area contributed by atoms with E-state index in [2.05, 4.69) is 11.6 Å². The Bertz CT molecular complexity index is 986. The van der Waals surface area contributed by atoms with Crippen molar-refractivity contribution < 1.29 is 17.9 Å². The molecule has 0 radical (unpaired) electrons. The highest BCUT2D eigenvalue weighted by atomic mass is 32.2. The third kappa shape index (κ3) is 4.14.